The van der Waals surface area contributed by atoms with E-state index >= 15 is 0 Å². The Labute approximate surface area is 98.6 Å². The number of aliphatic hydroxyl groups excluding tert-OH is 1. The van der Waals surface area contributed by atoms with Crippen LogP contribution in [0.3, 0.4) is 0 Å². The number of benzene rings is 1. The van der Waals surface area contributed by atoms with Gasteiger partial charge < -0.3 is 5.11 Å². The third kappa shape index (κ3) is 1.46. The Hall–Kier alpha value is -0.340. The molecule has 1 aromatic carbocycles. The fourth-order valence-corrected chi connectivity index (χ4v) is 3.67. The van der Waals surface area contributed by atoms with Gasteiger partial charge in [-0.15, -0.1) is 0 Å². The number of rotatable bonds is 0. The van der Waals surface area contributed by atoms with E-state index in [1.54, 1.807) is 0 Å². The van der Waals surface area contributed by atoms with Crippen molar-refractivity contribution in [3.63, 3.8) is 0 Å². The van der Waals surface area contributed by atoms with E-state index in [0.29, 0.717) is 11.8 Å². The van der Waals surface area contributed by atoms with Crippen molar-refractivity contribution in [1.82, 2.24) is 0 Å². The second-order valence-corrected chi connectivity index (χ2v) is 5.69. The highest BCUT2D eigenvalue weighted by Gasteiger charge is 2.40. The van der Waals surface area contributed by atoms with E-state index in [4.69, 9.17) is 0 Å². The Kier molecular flexibility index (Phi) is 2.37. The standard InChI is InChI=1S/C13H15BrO/c14-8-5-6-10-9-3-1-2-4-11(9)13(15)12(10)7-8/h5-7,9,11,13,15H,1-4H2. The first-order valence-electron chi connectivity index (χ1n) is 5.75. The Morgan fingerprint density at radius 2 is 1.93 bits per heavy atom. The number of halogens is 1. The minimum Gasteiger partial charge on any atom is -0.388 e. The van der Waals surface area contributed by atoms with Crippen molar-refractivity contribution < 1.29 is 5.11 Å². The second kappa shape index (κ2) is 3.60. The molecule has 0 heterocycles. The quantitative estimate of drug-likeness (QED) is 0.758. The van der Waals surface area contributed by atoms with E-state index < -0.39 is 0 Å². The minimum absolute atomic E-state index is 0.220. The van der Waals surface area contributed by atoms with Gasteiger partial charge in [0.15, 0.2) is 0 Å². The van der Waals surface area contributed by atoms with Gasteiger partial charge in [0.05, 0.1) is 6.10 Å². The maximum atomic E-state index is 10.3. The molecule has 0 saturated heterocycles. The van der Waals surface area contributed by atoms with Gasteiger partial charge in [-0.3, -0.25) is 0 Å². The van der Waals surface area contributed by atoms with E-state index in [2.05, 4.69) is 34.1 Å². The molecule has 3 atom stereocenters. The van der Waals surface area contributed by atoms with Gasteiger partial charge in [0, 0.05) is 4.47 Å². The number of aliphatic hydroxyl groups is 1. The van der Waals surface area contributed by atoms with E-state index in [0.717, 1.165) is 4.47 Å². The lowest BCUT2D eigenvalue weighted by molar-refractivity contribution is 0.0907. The molecule has 1 N–H and O–H groups in total. The van der Waals surface area contributed by atoms with E-state index in [1.165, 1.54) is 36.8 Å². The summed E-state index contributed by atoms with van der Waals surface area (Å²) in [7, 11) is 0. The fourth-order valence-electron chi connectivity index (χ4n) is 3.29. The SMILES string of the molecule is OC1c2cc(Br)ccc2C2CCCCC12. The molecule has 1 nitrogen and oxygen atoms in total. The third-order valence-corrected chi connectivity index (χ3v) is 4.49. The van der Waals surface area contributed by atoms with Crippen LogP contribution in [0.2, 0.25) is 0 Å². The van der Waals surface area contributed by atoms with Crippen LogP contribution in [0.5, 0.6) is 0 Å². The van der Waals surface area contributed by atoms with Gasteiger partial charge in [-0.25, -0.2) is 0 Å². The molecule has 80 valence electrons. The number of hydrogen-bond acceptors (Lipinski definition) is 1. The van der Waals surface area contributed by atoms with Gasteiger partial charge in [0.2, 0.25) is 0 Å². The first kappa shape index (κ1) is 9.86. The summed E-state index contributed by atoms with van der Waals surface area (Å²) < 4.78 is 1.08. The zero-order chi connectivity index (χ0) is 10.4. The normalized spacial score (nSPS) is 33.6. The van der Waals surface area contributed by atoms with Crippen LogP contribution in [0, 0.1) is 5.92 Å². The predicted molar refractivity (Wildman–Crippen MR) is 63.8 cm³/mol. The lowest BCUT2D eigenvalue weighted by Crippen LogP contribution is -2.16. The monoisotopic (exact) mass is 266 g/mol. The molecule has 0 bridgehead atoms. The summed E-state index contributed by atoms with van der Waals surface area (Å²) in [6.07, 6.45) is 4.84. The molecule has 15 heavy (non-hydrogen) atoms. The number of fused-ring (bicyclic) bond motifs is 3. The summed E-state index contributed by atoms with van der Waals surface area (Å²) >= 11 is 3.48. The number of hydrogen-bond donors (Lipinski definition) is 1. The Morgan fingerprint density at radius 3 is 2.80 bits per heavy atom. The van der Waals surface area contributed by atoms with Crippen molar-refractivity contribution in [3.8, 4) is 0 Å². The maximum absolute atomic E-state index is 10.3. The summed E-state index contributed by atoms with van der Waals surface area (Å²) in [5.74, 6) is 1.11. The first-order valence-corrected chi connectivity index (χ1v) is 6.54. The van der Waals surface area contributed by atoms with Crippen molar-refractivity contribution in [1.29, 1.82) is 0 Å². The van der Waals surface area contributed by atoms with Crippen molar-refractivity contribution in [2.45, 2.75) is 37.7 Å². The van der Waals surface area contributed by atoms with Gasteiger partial charge in [0.25, 0.3) is 0 Å². The van der Waals surface area contributed by atoms with Crippen LogP contribution in [0.25, 0.3) is 0 Å². The molecular weight excluding hydrogens is 252 g/mol. The van der Waals surface area contributed by atoms with Gasteiger partial charge in [-0.05, 0) is 47.9 Å². The zero-order valence-electron chi connectivity index (χ0n) is 8.62. The largest absolute Gasteiger partial charge is 0.388 e. The molecule has 2 aliphatic carbocycles. The summed E-state index contributed by atoms with van der Waals surface area (Å²) in [5, 5.41) is 10.3. The Bertz CT molecular complexity index is 388. The second-order valence-electron chi connectivity index (χ2n) is 4.77. The molecular formula is C13H15BrO. The summed E-state index contributed by atoms with van der Waals surface area (Å²) in [6.45, 7) is 0. The molecule has 1 fully saturated rings. The van der Waals surface area contributed by atoms with Crippen LogP contribution in [0.4, 0.5) is 0 Å². The average Bonchev–Trinajstić information content (AvgIpc) is 2.54. The molecule has 2 heteroatoms. The van der Waals surface area contributed by atoms with E-state index in [-0.39, 0.29) is 6.10 Å². The molecule has 0 aromatic heterocycles. The predicted octanol–water partition coefficient (Wildman–Crippen LogP) is 3.77. The van der Waals surface area contributed by atoms with Crippen LogP contribution in [0.15, 0.2) is 22.7 Å². The van der Waals surface area contributed by atoms with Gasteiger partial charge in [-0.1, -0.05) is 34.8 Å². The molecule has 0 amide bonds. The highest BCUT2D eigenvalue weighted by molar-refractivity contribution is 9.10. The Balaban J connectivity index is 2.07. The lowest BCUT2D eigenvalue weighted by atomic mass is 9.79. The topological polar surface area (TPSA) is 20.2 Å². The molecule has 0 spiro atoms. The molecule has 1 saturated carbocycles. The summed E-state index contributed by atoms with van der Waals surface area (Å²) in [5.41, 5.74) is 2.57. The van der Waals surface area contributed by atoms with Crippen LogP contribution >= 0.6 is 15.9 Å². The Morgan fingerprint density at radius 1 is 1.13 bits per heavy atom. The summed E-state index contributed by atoms with van der Waals surface area (Å²) in [4.78, 5) is 0. The van der Waals surface area contributed by atoms with Crippen LogP contribution in [0.1, 0.15) is 48.8 Å². The molecule has 3 rings (SSSR count). The first-order chi connectivity index (χ1) is 7.27. The maximum Gasteiger partial charge on any atom is 0.0827 e. The fraction of sp³-hybridized carbons (Fsp3) is 0.538. The molecule has 0 radical (unpaired) electrons. The molecule has 2 aliphatic rings. The van der Waals surface area contributed by atoms with Crippen LogP contribution in [-0.2, 0) is 0 Å². The minimum atomic E-state index is -0.220. The average molecular weight is 267 g/mol. The van der Waals surface area contributed by atoms with E-state index in [9.17, 15) is 5.11 Å². The lowest BCUT2D eigenvalue weighted by Gasteiger charge is -2.27. The third-order valence-electron chi connectivity index (χ3n) is 3.99. The van der Waals surface area contributed by atoms with Gasteiger partial charge >= 0.3 is 0 Å². The van der Waals surface area contributed by atoms with Crippen molar-refractivity contribution in [3.05, 3.63) is 33.8 Å². The highest BCUT2D eigenvalue weighted by Crippen LogP contribution is 2.52. The van der Waals surface area contributed by atoms with Crippen molar-refractivity contribution >= 4 is 15.9 Å². The highest BCUT2D eigenvalue weighted by atomic mass is 79.9. The molecule has 0 aliphatic heterocycles. The molecule has 1 aromatic rings. The van der Waals surface area contributed by atoms with Crippen LogP contribution < -0.4 is 0 Å². The summed E-state index contributed by atoms with van der Waals surface area (Å²) in [6, 6.07) is 6.39. The smallest absolute Gasteiger partial charge is 0.0827 e. The van der Waals surface area contributed by atoms with Crippen LogP contribution in [-0.4, -0.2) is 5.11 Å². The van der Waals surface area contributed by atoms with Crippen molar-refractivity contribution in [2.75, 3.05) is 0 Å². The van der Waals surface area contributed by atoms with Crippen molar-refractivity contribution in [2.24, 2.45) is 5.92 Å². The van der Waals surface area contributed by atoms with Gasteiger partial charge in [0.1, 0.15) is 0 Å². The van der Waals surface area contributed by atoms with Gasteiger partial charge in [-0.2, -0.15) is 0 Å². The zero-order valence-corrected chi connectivity index (χ0v) is 10.2. The van der Waals surface area contributed by atoms with E-state index in [1.807, 2.05) is 0 Å². The molecule has 3 unspecified atom stereocenters.